The van der Waals surface area contributed by atoms with E-state index < -0.39 is 0 Å². The monoisotopic (exact) mass is 248 g/mol. The highest BCUT2D eigenvalue weighted by molar-refractivity contribution is 5.99. The summed E-state index contributed by atoms with van der Waals surface area (Å²) < 4.78 is 0. The standard InChI is InChI=1S/C12H16N4O2/c13-6-8-2-1-3-16(8)12(17)11-7-4-9(14-11)10(5-7)15-18/h7-8,10-11,15,18H,1-5H2/t7-,8-,10?,11-/m0/s1. The van der Waals surface area contributed by atoms with E-state index in [0.29, 0.717) is 6.54 Å². The molecule has 4 atom stereocenters. The Morgan fingerprint density at radius 3 is 3.06 bits per heavy atom. The van der Waals surface area contributed by atoms with Crippen molar-refractivity contribution in [3.8, 4) is 6.07 Å². The van der Waals surface area contributed by atoms with Crippen LogP contribution in [0.1, 0.15) is 25.7 Å². The fourth-order valence-electron chi connectivity index (χ4n) is 3.32. The third-order valence-corrected chi connectivity index (χ3v) is 4.26. The lowest BCUT2D eigenvalue weighted by Gasteiger charge is -2.26. The number of fused-ring (bicyclic) bond motifs is 2. The van der Waals surface area contributed by atoms with Crippen LogP contribution < -0.4 is 5.48 Å². The molecule has 2 N–H and O–H groups in total. The van der Waals surface area contributed by atoms with Crippen molar-refractivity contribution in [2.24, 2.45) is 10.9 Å². The maximum Gasteiger partial charge on any atom is 0.248 e. The van der Waals surface area contributed by atoms with Gasteiger partial charge in [-0.3, -0.25) is 9.79 Å². The number of aliphatic imine (C=N–C) groups is 1. The topological polar surface area (TPSA) is 88.7 Å². The Balaban J connectivity index is 1.74. The number of carbonyl (C=O) groups excluding carboxylic acids is 1. The normalized spacial score (nSPS) is 37.8. The average molecular weight is 248 g/mol. The molecular formula is C12H16N4O2. The number of hydrogen-bond acceptors (Lipinski definition) is 5. The van der Waals surface area contributed by atoms with Crippen molar-refractivity contribution < 1.29 is 10.0 Å². The van der Waals surface area contributed by atoms with Crippen LogP contribution in [0.5, 0.6) is 0 Å². The molecule has 2 fully saturated rings. The molecule has 3 aliphatic rings. The van der Waals surface area contributed by atoms with Gasteiger partial charge in [-0.05, 0) is 31.6 Å². The summed E-state index contributed by atoms with van der Waals surface area (Å²) in [5.74, 6) is 0.188. The summed E-state index contributed by atoms with van der Waals surface area (Å²) >= 11 is 0. The molecule has 96 valence electrons. The Morgan fingerprint density at radius 2 is 2.44 bits per heavy atom. The van der Waals surface area contributed by atoms with Crippen molar-refractivity contribution in [2.75, 3.05) is 6.54 Å². The Labute approximate surface area is 105 Å². The molecule has 1 aliphatic carbocycles. The molecule has 6 nitrogen and oxygen atoms in total. The van der Waals surface area contributed by atoms with Crippen LogP contribution in [-0.2, 0) is 4.79 Å². The van der Waals surface area contributed by atoms with Crippen molar-refractivity contribution in [1.29, 1.82) is 5.26 Å². The van der Waals surface area contributed by atoms with Crippen LogP contribution in [0.4, 0.5) is 0 Å². The minimum absolute atomic E-state index is 0.00422. The highest BCUT2D eigenvalue weighted by Gasteiger charge is 2.46. The van der Waals surface area contributed by atoms with Crippen LogP contribution >= 0.6 is 0 Å². The smallest absolute Gasteiger partial charge is 0.248 e. The lowest BCUT2D eigenvalue weighted by atomic mass is 9.97. The van der Waals surface area contributed by atoms with Gasteiger partial charge >= 0.3 is 0 Å². The average Bonchev–Trinajstić information content (AvgIpc) is 3.10. The number of likely N-dealkylation sites (tertiary alicyclic amines) is 1. The summed E-state index contributed by atoms with van der Waals surface area (Å²) in [5, 5.41) is 18.0. The second-order valence-electron chi connectivity index (χ2n) is 5.27. The van der Waals surface area contributed by atoms with Crippen LogP contribution in [0, 0.1) is 17.2 Å². The Morgan fingerprint density at radius 1 is 1.61 bits per heavy atom. The van der Waals surface area contributed by atoms with Gasteiger partial charge in [-0.1, -0.05) is 0 Å². The number of nitrogens with one attached hydrogen (secondary N) is 1. The third-order valence-electron chi connectivity index (χ3n) is 4.26. The Kier molecular flexibility index (Phi) is 2.80. The molecule has 3 rings (SSSR count). The zero-order valence-electron chi connectivity index (χ0n) is 10.0. The fourth-order valence-corrected chi connectivity index (χ4v) is 3.32. The van der Waals surface area contributed by atoms with Crippen molar-refractivity contribution >= 4 is 11.6 Å². The molecular weight excluding hydrogens is 232 g/mol. The van der Waals surface area contributed by atoms with Crippen molar-refractivity contribution in [1.82, 2.24) is 10.4 Å². The number of nitrogens with zero attached hydrogens (tertiary/aromatic N) is 3. The minimum Gasteiger partial charge on any atom is -0.325 e. The zero-order chi connectivity index (χ0) is 12.7. The van der Waals surface area contributed by atoms with Gasteiger partial charge in [0.1, 0.15) is 12.1 Å². The summed E-state index contributed by atoms with van der Waals surface area (Å²) in [5.41, 5.74) is 3.13. The van der Waals surface area contributed by atoms with Crippen LogP contribution in [0.15, 0.2) is 4.99 Å². The molecule has 2 aliphatic heterocycles. The van der Waals surface area contributed by atoms with Gasteiger partial charge in [-0.25, -0.2) is 0 Å². The summed E-state index contributed by atoms with van der Waals surface area (Å²) in [6.07, 6.45) is 3.23. The molecule has 1 amide bonds. The predicted octanol–water partition coefficient (Wildman–Crippen LogP) is 0.0816. The quantitative estimate of drug-likeness (QED) is 0.677. The second-order valence-corrected chi connectivity index (χ2v) is 5.27. The highest BCUT2D eigenvalue weighted by atomic mass is 16.5. The van der Waals surface area contributed by atoms with E-state index in [-0.39, 0.29) is 30.0 Å². The van der Waals surface area contributed by atoms with Gasteiger partial charge in [0.25, 0.3) is 0 Å². The minimum atomic E-state index is -0.321. The molecule has 1 unspecified atom stereocenters. The van der Waals surface area contributed by atoms with E-state index in [1.807, 2.05) is 0 Å². The summed E-state index contributed by atoms with van der Waals surface area (Å²) in [6.45, 7) is 0.673. The molecule has 18 heavy (non-hydrogen) atoms. The second kappa shape index (κ2) is 4.34. The van der Waals surface area contributed by atoms with E-state index in [1.165, 1.54) is 0 Å². The molecule has 2 bridgehead atoms. The lowest BCUT2D eigenvalue weighted by Crippen LogP contribution is -2.44. The molecule has 0 spiro atoms. The van der Waals surface area contributed by atoms with Crippen LogP contribution in [0.3, 0.4) is 0 Å². The van der Waals surface area contributed by atoms with E-state index in [2.05, 4.69) is 16.5 Å². The predicted molar refractivity (Wildman–Crippen MR) is 63.0 cm³/mol. The van der Waals surface area contributed by atoms with Crippen molar-refractivity contribution in [3.63, 3.8) is 0 Å². The number of rotatable bonds is 2. The summed E-state index contributed by atoms with van der Waals surface area (Å²) in [4.78, 5) is 18.5. The van der Waals surface area contributed by atoms with Crippen LogP contribution in [-0.4, -0.2) is 46.4 Å². The van der Waals surface area contributed by atoms with Gasteiger partial charge in [0.2, 0.25) is 5.91 Å². The maximum absolute atomic E-state index is 12.4. The van der Waals surface area contributed by atoms with E-state index in [9.17, 15) is 4.79 Å². The first-order valence-corrected chi connectivity index (χ1v) is 6.41. The molecule has 0 aromatic carbocycles. The lowest BCUT2D eigenvalue weighted by molar-refractivity contribution is -0.133. The van der Waals surface area contributed by atoms with E-state index in [0.717, 1.165) is 31.4 Å². The number of hydroxylamine groups is 1. The van der Waals surface area contributed by atoms with E-state index in [4.69, 9.17) is 10.5 Å². The summed E-state index contributed by atoms with van der Waals surface area (Å²) in [6, 6.07) is 1.51. The SMILES string of the molecule is N#C[C@@H]1CCCN1C(=O)[C@H]1N=C2C[C@H]1CC2NO. The van der Waals surface area contributed by atoms with Gasteiger partial charge in [0.05, 0.1) is 12.1 Å². The molecule has 0 aromatic heterocycles. The van der Waals surface area contributed by atoms with Gasteiger partial charge in [-0.2, -0.15) is 10.7 Å². The third kappa shape index (κ3) is 1.62. The van der Waals surface area contributed by atoms with Crippen LogP contribution in [0.2, 0.25) is 0 Å². The number of carbonyl (C=O) groups is 1. The molecule has 6 heteroatoms. The number of nitriles is 1. The Hall–Kier alpha value is -1.45. The Bertz CT molecular complexity index is 442. The van der Waals surface area contributed by atoms with Gasteiger partial charge in [0, 0.05) is 12.3 Å². The van der Waals surface area contributed by atoms with Gasteiger partial charge < -0.3 is 10.1 Å². The molecule has 2 heterocycles. The number of hydrogen-bond donors (Lipinski definition) is 2. The first-order valence-electron chi connectivity index (χ1n) is 6.41. The largest absolute Gasteiger partial charge is 0.325 e. The molecule has 1 saturated carbocycles. The van der Waals surface area contributed by atoms with E-state index in [1.54, 1.807) is 4.90 Å². The number of amides is 1. The van der Waals surface area contributed by atoms with Gasteiger partial charge in [-0.15, -0.1) is 0 Å². The summed E-state index contributed by atoms with van der Waals surface area (Å²) in [7, 11) is 0. The van der Waals surface area contributed by atoms with Crippen molar-refractivity contribution in [3.05, 3.63) is 0 Å². The first-order chi connectivity index (χ1) is 8.74. The molecule has 1 saturated heterocycles. The zero-order valence-corrected chi connectivity index (χ0v) is 10.0. The van der Waals surface area contributed by atoms with Crippen molar-refractivity contribution in [2.45, 2.75) is 43.8 Å². The molecule has 0 aromatic rings. The maximum atomic E-state index is 12.4. The highest BCUT2D eigenvalue weighted by Crippen LogP contribution is 2.36. The molecule has 0 radical (unpaired) electrons. The van der Waals surface area contributed by atoms with Crippen LogP contribution in [0.25, 0.3) is 0 Å². The fraction of sp³-hybridized carbons (Fsp3) is 0.750. The first kappa shape index (κ1) is 11.6. The van der Waals surface area contributed by atoms with E-state index >= 15 is 0 Å². The van der Waals surface area contributed by atoms with Gasteiger partial charge in [0.15, 0.2) is 0 Å².